The molecule has 0 aliphatic carbocycles. The molecule has 4 rings (SSSR count). The van der Waals surface area contributed by atoms with Gasteiger partial charge in [0, 0.05) is 25.0 Å². The highest BCUT2D eigenvalue weighted by atomic mass is 16.2. The molecule has 1 aliphatic rings. The molecule has 0 bridgehead atoms. The summed E-state index contributed by atoms with van der Waals surface area (Å²) in [5.41, 5.74) is 3.47. The van der Waals surface area contributed by atoms with Crippen molar-refractivity contribution in [1.29, 1.82) is 0 Å². The Kier molecular flexibility index (Phi) is 3.45. The van der Waals surface area contributed by atoms with Crippen LogP contribution in [0.3, 0.4) is 0 Å². The van der Waals surface area contributed by atoms with Crippen LogP contribution in [0.15, 0.2) is 46.1 Å². The van der Waals surface area contributed by atoms with Crippen LogP contribution < -0.4 is 16.1 Å². The molecule has 0 saturated heterocycles. The van der Waals surface area contributed by atoms with E-state index in [-0.39, 0.29) is 17.6 Å². The summed E-state index contributed by atoms with van der Waals surface area (Å²) in [6, 6.07) is 9.55. The van der Waals surface area contributed by atoms with Crippen molar-refractivity contribution in [2.75, 3.05) is 18.0 Å². The van der Waals surface area contributed by atoms with Gasteiger partial charge in [0.25, 0.3) is 5.56 Å². The van der Waals surface area contributed by atoms with Crippen molar-refractivity contribution < 1.29 is 0 Å². The minimum atomic E-state index is -0.406. The number of pyridine rings is 1. The highest BCUT2D eigenvalue weighted by Gasteiger charge is 2.18. The van der Waals surface area contributed by atoms with Crippen LogP contribution in [0, 0.1) is 0 Å². The summed E-state index contributed by atoms with van der Waals surface area (Å²) in [7, 11) is 0. The van der Waals surface area contributed by atoms with Crippen LogP contribution >= 0.6 is 0 Å². The van der Waals surface area contributed by atoms with Crippen molar-refractivity contribution in [2.45, 2.75) is 19.9 Å². The van der Waals surface area contributed by atoms with Crippen LogP contribution in [0.1, 0.15) is 18.1 Å². The largest absolute Gasteiger partial charge is 0.371 e. The Labute approximate surface area is 138 Å². The number of benzene rings is 1. The molecule has 2 aromatic heterocycles. The topological polar surface area (TPSA) is 71.0 Å². The number of fused-ring (bicyclic) bond motifs is 2. The van der Waals surface area contributed by atoms with Gasteiger partial charge in [0.15, 0.2) is 5.52 Å². The van der Waals surface area contributed by atoms with Crippen molar-refractivity contribution in [1.82, 2.24) is 14.5 Å². The third-order valence-electron chi connectivity index (χ3n) is 4.60. The van der Waals surface area contributed by atoms with Crippen LogP contribution in [-0.4, -0.2) is 27.6 Å². The maximum absolute atomic E-state index is 12.6. The van der Waals surface area contributed by atoms with Crippen LogP contribution in [0.25, 0.3) is 11.0 Å². The van der Waals surface area contributed by atoms with Crippen molar-refractivity contribution >= 4 is 16.7 Å². The molecule has 122 valence electrons. The second-order valence-corrected chi connectivity index (χ2v) is 6.01. The standard InChI is InChI=1S/C18H18N4O2/c1-2-21-9-7-13-10-12(5-6-15(13)21)11-22-17(23)16-14(20-18(22)24)4-3-8-19-16/h3-6,8,10H,2,7,9,11H2,1H3,(H,20,24). The second kappa shape index (κ2) is 5.63. The summed E-state index contributed by atoms with van der Waals surface area (Å²) < 4.78 is 1.21. The lowest BCUT2D eigenvalue weighted by Gasteiger charge is -2.16. The maximum Gasteiger partial charge on any atom is 0.329 e. The molecule has 1 aromatic carbocycles. The molecule has 24 heavy (non-hydrogen) atoms. The molecule has 0 fully saturated rings. The predicted molar refractivity (Wildman–Crippen MR) is 93.8 cm³/mol. The average molecular weight is 322 g/mol. The number of likely N-dealkylation sites (N-methyl/N-ethyl adjacent to an activating group) is 1. The fraction of sp³-hybridized carbons (Fsp3) is 0.278. The number of H-pyrrole nitrogens is 1. The minimum absolute atomic E-state index is 0.250. The SMILES string of the molecule is CCN1CCc2cc(Cn3c(=O)[nH]c4cccnc4c3=O)ccc21. The maximum atomic E-state index is 12.6. The van der Waals surface area contributed by atoms with E-state index in [0.29, 0.717) is 5.52 Å². The Morgan fingerprint density at radius 2 is 2.12 bits per heavy atom. The molecule has 1 N–H and O–H groups in total. The Morgan fingerprint density at radius 3 is 2.96 bits per heavy atom. The first-order valence-electron chi connectivity index (χ1n) is 8.12. The highest BCUT2D eigenvalue weighted by Crippen LogP contribution is 2.28. The molecular weight excluding hydrogens is 304 g/mol. The Morgan fingerprint density at radius 1 is 1.25 bits per heavy atom. The van der Waals surface area contributed by atoms with Crippen LogP contribution in [0.5, 0.6) is 0 Å². The number of nitrogens with one attached hydrogen (secondary N) is 1. The van der Waals surface area contributed by atoms with Crippen LogP contribution in [-0.2, 0) is 13.0 Å². The lowest BCUT2D eigenvalue weighted by atomic mass is 10.1. The molecule has 0 unspecified atom stereocenters. The van der Waals surface area contributed by atoms with E-state index in [9.17, 15) is 9.59 Å². The zero-order chi connectivity index (χ0) is 16.7. The van der Waals surface area contributed by atoms with Gasteiger partial charge in [-0.05, 0) is 42.7 Å². The van der Waals surface area contributed by atoms with Gasteiger partial charge >= 0.3 is 5.69 Å². The molecule has 3 heterocycles. The quantitative estimate of drug-likeness (QED) is 0.793. The zero-order valence-corrected chi connectivity index (χ0v) is 13.5. The first-order valence-corrected chi connectivity index (χ1v) is 8.12. The Hall–Kier alpha value is -2.89. The van der Waals surface area contributed by atoms with Gasteiger partial charge in [-0.2, -0.15) is 0 Å². The molecule has 1 aliphatic heterocycles. The fourth-order valence-electron chi connectivity index (χ4n) is 3.36. The second-order valence-electron chi connectivity index (χ2n) is 6.01. The molecule has 3 aromatic rings. The number of aromatic nitrogens is 3. The van der Waals surface area contributed by atoms with Gasteiger partial charge in [0.05, 0.1) is 12.1 Å². The third-order valence-corrected chi connectivity index (χ3v) is 4.60. The molecule has 0 saturated carbocycles. The summed E-state index contributed by atoms with van der Waals surface area (Å²) >= 11 is 0. The predicted octanol–water partition coefficient (Wildman–Crippen LogP) is 1.52. The third kappa shape index (κ3) is 2.31. The molecule has 0 atom stereocenters. The Balaban J connectivity index is 1.76. The smallest absolute Gasteiger partial charge is 0.329 e. The summed E-state index contributed by atoms with van der Waals surface area (Å²) in [5.74, 6) is 0. The van der Waals surface area contributed by atoms with Crippen molar-refractivity contribution in [3.8, 4) is 0 Å². The van der Waals surface area contributed by atoms with Gasteiger partial charge in [-0.25, -0.2) is 9.78 Å². The van der Waals surface area contributed by atoms with Gasteiger partial charge in [-0.15, -0.1) is 0 Å². The van der Waals surface area contributed by atoms with E-state index in [4.69, 9.17) is 0 Å². The van der Waals surface area contributed by atoms with Gasteiger partial charge in [-0.1, -0.05) is 12.1 Å². The van der Waals surface area contributed by atoms with E-state index < -0.39 is 5.69 Å². The van der Waals surface area contributed by atoms with Gasteiger partial charge in [0.1, 0.15) is 0 Å². The Bertz CT molecular complexity index is 1040. The van der Waals surface area contributed by atoms with E-state index in [1.165, 1.54) is 15.8 Å². The van der Waals surface area contributed by atoms with Crippen LogP contribution in [0.2, 0.25) is 0 Å². The van der Waals surface area contributed by atoms with E-state index in [1.807, 2.05) is 6.07 Å². The van der Waals surface area contributed by atoms with Crippen molar-refractivity contribution in [3.05, 3.63) is 68.5 Å². The molecule has 6 heteroatoms. The van der Waals surface area contributed by atoms with E-state index in [2.05, 4.69) is 33.9 Å². The zero-order valence-electron chi connectivity index (χ0n) is 13.5. The number of anilines is 1. The average Bonchev–Trinajstić information content (AvgIpc) is 3.01. The number of aromatic amines is 1. The summed E-state index contributed by atoms with van der Waals surface area (Å²) in [4.78, 5) is 34.0. The lowest BCUT2D eigenvalue weighted by molar-refractivity contribution is 0.709. The van der Waals surface area contributed by atoms with Gasteiger partial charge in [-0.3, -0.25) is 9.36 Å². The molecule has 0 radical (unpaired) electrons. The van der Waals surface area contributed by atoms with Crippen molar-refractivity contribution in [2.24, 2.45) is 0 Å². The van der Waals surface area contributed by atoms with E-state index in [0.717, 1.165) is 25.1 Å². The van der Waals surface area contributed by atoms with Crippen LogP contribution in [0.4, 0.5) is 5.69 Å². The first kappa shape index (κ1) is 14.7. The number of hydrogen-bond donors (Lipinski definition) is 1. The lowest BCUT2D eigenvalue weighted by Crippen LogP contribution is -2.35. The molecule has 0 spiro atoms. The number of nitrogens with zero attached hydrogens (tertiary/aromatic N) is 3. The molecular formula is C18H18N4O2. The van der Waals surface area contributed by atoms with Gasteiger partial charge < -0.3 is 9.88 Å². The number of rotatable bonds is 3. The highest BCUT2D eigenvalue weighted by molar-refractivity contribution is 5.71. The molecule has 0 amide bonds. The number of hydrogen-bond acceptors (Lipinski definition) is 4. The summed E-state index contributed by atoms with van der Waals surface area (Å²) in [6.07, 6.45) is 2.56. The monoisotopic (exact) mass is 322 g/mol. The normalized spacial score (nSPS) is 13.5. The van der Waals surface area contributed by atoms with E-state index >= 15 is 0 Å². The summed E-state index contributed by atoms with van der Waals surface area (Å²) in [6.45, 7) is 4.40. The summed E-state index contributed by atoms with van der Waals surface area (Å²) in [5, 5.41) is 0. The van der Waals surface area contributed by atoms with Gasteiger partial charge in [0.2, 0.25) is 0 Å². The first-order chi connectivity index (χ1) is 11.7. The van der Waals surface area contributed by atoms with Crippen molar-refractivity contribution in [3.63, 3.8) is 0 Å². The molecule has 6 nitrogen and oxygen atoms in total. The van der Waals surface area contributed by atoms with E-state index in [1.54, 1.807) is 18.3 Å². The minimum Gasteiger partial charge on any atom is -0.371 e. The fourth-order valence-corrected chi connectivity index (χ4v) is 3.36.